The summed E-state index contributed by atoms with van der Waals surface area (Å²) in [6, 6.07) is 0. The molecule has 20 heavy (non-hydrogen) atoms. The van der Waals surface area contributed by atoms with Gasteiger partial charge in [0, 0.05) is 24.2 Å². The Balaban J connectivity index is 4.76. The van der Waals surface area contributed by atoms with Gasteiger partial charge in [-0.1, -0.05) is 39.7 Å². The number of aliphatic imine (C=N–C) groups is 1. The molecule has 0 aromatic carbocycles. The minimum atomic E-state index is 0.450. The Morgan fingerprint density at radius 3 is 2.20 bits per heavy atom. The van der Waals surface area contributed by atoms with Crippen molar-refractivity contribution in [1.82, 2.24) is 0 Å². The van der Waals surface area contributed by atoms with E-state index in [0.29, 0.717) is 11.2 Å². The highest BCUT2D eigenvalue weighted by atomic mass is 32.2. The van der Waals surface area contributed by atoms with E-state index in [1.54, 1.807) is 0 Å². The summed E-state index contributed by atoms with van der Waals surface area (Å²) >= 11 is 1.84. The van der Waals surface area contributed by atoms with Gasteiger partial charge >= 0.3 is 0 Å². The van der Waals surface area contributed by atoms with E-state index in [1.165, 1.54) is 31.3 Å². The van der Waals surface area contributed by atoms with Gasteiger partial charge in [0.25, 0.3) is 0 Å². The smallest absolute Gasteiger partial charge is 0.0348 e. The fourth-order valence-electron chi connectivity index (χ4n) is 2.33. The molecule has 0 aliphatic carbocycles. The van der Waals surface area contributed by atoms with Crippen molar-refractivity contribution in [2.24, 2.45) is 16.6 Å². The van der Waals surface area contributed by atoms with Crippen LogP contribution in [-0.4, -0.2) is 18.5 Å². The van der Waals surface area contributed by atoms with Gasteiger partial charge in [0.05, 0.1) is 0 Å². The molecular formula is C17H32N2S. The number of hydrogen-bond donors (Lipinski definition) is 1. The van der Waals surface area contributed by atoms with Crippen LogP contribution in [-0.2, 0) is 0 Å². The zero-order chi connectivity index (χ0) is 15.4. The standard InChI is InChI=1S/C17H32N2S/c1-6-10-15(11-7-2)16(18)13-20-17(9-4)14(8-3)12-19-5/h8,12-13,15,17H,6-7,9-11,18H2,1-5H3/b14-8+,16-13-,19-12-. The molecule has 2 nitrogen and oxygen atoms in total. The van der Waals surface area contributed by atoms with Crippen LogP contribution in [0.1, 0.15) is 59.8 Å². The van der Waals surface area contributed by atoms with Crippen LogP contribution in [0.25, 0.3) is 0 Å². The molecule has 0 aliphatic heterocycles. The van der Waals surface area contributed by atoms with E-state index < -0.39 is 0 Å². The monoisotopic (exact) mass is 296 g/mol. The van der Waals surface area contributed by atoms with Crippen LogP contribution in [0, 0.1) is 5.92 Å². The Hall–Kier alpha value is -0.700. The van der Waals surface area contributed by atoms with Gasteiger partial charge < -0.3 is 5.73 Å². The third-order valence-corrected chi connectivity index (χ3v) is 4.81. The number of rotatable bonds is 10. The largest absolute Gasteiger partial charge is 0.401 e. The quantitative estimate of drug-likeness (QED) is 0.565. The Bertz CT molecular complexity index is 326. The summed E-state index contributed by atoms with van der Waals surface area (Å²) in [5.74, 6) is 0.545. The lowest BCUT2D eigenvalue weighted by Crippen LogP contribution is -2.12. The summed E-state index contributed by atoms with van der Waals surface area (Å²) in [7, 11) is 1.82. The molecule has 0 saturated carbocycles. The van der Waals surface area contributed by atoms with Gasteiger partial charge in [-0.05, 0) is 43.1 Å². The van der Waals surface area contributed by atoms with Crippen molar-refractivity contribution < 1.29 is 0 Å². The molecule has 116 valence electrons. The van der Waals surface area contributed by atoms with Gasteiger partial charge in [-0.3, -0.25) is 4.99 Å². The second-order valence-corrected chi connectivity index (χ2v) is 6.18. The van der Waals surface area contributed by atoms with Crippen molar-refractivity contribution in [3.05, 3.63) is 22.8 Å². The van der Waals surface area contributed by atoms with E-state index in [-0.39, 0.29) is 0 Å². The van der Waals surface area contributed by atoms with Gasteiger partial charge in [0.1, 0.15) is 0 Å². The van der Waals surface area contributed by atoms with Crippen molar-refractivity contribution in [2.45, 2.75) is 65.0 Å². The molecule has 0 spiro atoms. The van der Waals surface area contributed by atoms with Gasteiger partial charge in [-0.15, -0.1) is 11.8 Å². The molecule has 0 fully saturated rings. The second-order valence-electron chi connectivity index (χ2n) is 5.10. The number of hydrogen-bond acceptors (Lipinski definition) is 3. The molecule has 0 rings (SSSR count). The van der Waals surface area contributed by atoms with E-state index >= 15 is 0 Å². The van der Waals surface area contributed by atoms with Crippen molar-refractivity contribution in [1.29, 1.82) is 0 Å². The van der Waals surface area contributed by atoms with Crippen molar-refractivity contribution in [3.8, 4) is 0 Å². The first-order chi connectivity index (χ1) is 9.64. The average molecular weight is 297 g/mol. The first kappa shape index (κ1) is 19.3. The van der Waals surface area contributed by atoms with E-state index in [4.69, 9.17) is 5.73 Å². The minimum absolute atomic E-state index is 0.450. The van der Waals surface area contributed by atoms with E-state index in [2.05, 4.69) is 44.2 Å². The predicted molar refractivity (Wildman–Crippen MR) is 95.4 cm³/mol. The number of thioether (sulfide) groups is 1. The fraction of sp³-hybridized carbons (Fsp3) is 0.706. The highest BCUT2D eigenvalue weighted by Crippen LogP contribution is 2.27. The number of nitrogens with zero attached hydrogens (tertiary/aromatic N) is 1. The summed E-state index contributed by atoms with van der Waals surface area (Å²) < 4.78 is 0. The molecule has 0 heterocycles. The maximum absolute atomic E-state index is 6.30. The van der Waals surface area contributed by atoms with Crippen molar-refractivity contribution >= 4 is 18.0 Å². The molecule has 2 N–H and O–H groups in total. The summed E-state index contributed by atoms with van der Waals surface area (Å²) in [5.41, 5.74) is 8.64. The summed E-state index contributed by atoms with van der Waals surface area (Å²) in [6.45, 7) is 8.75. The number of nitrogens with two attached hydrogens (primary N) is 1. The summed E-state index contributed by atoms with van der Waals surface area (Å²) in [4.78, 5) is 4.14. The number of allylic oxidation sites excluding steroid dienone is 2. The summed E-state index contributed by atoms with van der Waals surface area (Å²) in [5, 5.41) is 2.63. The molecular weight excluding hydrogens is 264 g/mol. The van der Waals surface area contributed by atoms with Gasteiger partial charge in [0.15, 0.2) is 0 Å². The normalized spacial score (nSPS) is 15.3. The van der Waals surface area contributed by atoms with Crippen LogP contribution < -0.4 is 5.73 Å². The SMILES string of the molecule is C/C=C(\C=N/C)C(CC)S/C=C(\N)C(CCC)CCC. The van der Waals surface area contributed by atoms with E-state index in [9.17, 15) is 0 Å². The minimum Gasteiger partial charge on any atom is -0.401 e. The van der Waals surface area contributed by atoms with Crippen LogP contribution in [0.3, 0.4) is 0 Å². The van der Waals surface area contributed by atoms with Crippen molar-refractivity contribution in [3.63, 3.8) is 0 Å². The molecule has 0 aromatic rings. The average Bonchev–Trinajstić information content (AvgIpc) is 2.46. The third-order valence-electron chi connectivity index (χ3n) is 3.47. The Labute approximate surface area is 130 Å². The predicted octanol–water partition coefficient (Wildman–Crippen LogP) is 5.16. The molecule has 0 aliphatic rings. The zero-order valence-corrected chi connectivity index (χ0v) is 14.7. The second kappa shape index (κ2) is 12.1. The Morgan fingerprint density at radius 2 is 1.80 bits per heavy atom. The zero-order valence-electron chi connectivity index (χ0n) is 13.9. The maximum Gasteiger partial charge on any atom is 0.0348 e. The highest BCUT2D eigenvalue weighted by molar-refractivity contribution is 8.03. The lowest BCUT2D eigenvalue weighted by Gasteiger charge is -2.18. The maximum atomic E-state index is 6.30. The van der Waals surface area contributed by atoms with Crippen LogP contribution >= 0.6 is 11.8 Å². The first-order valence-corrected chi connectivity index (χ1v) is 8.78. The van der Waals surface area contributed by atoms with E-state index in [0.717, 1.165) is 12.1 Å². The molecule has 0 bridgehead atoms. The Morgan fingerprint density at radius 1 is 1.20 bits per heavy atom. The highest BCUT2D eigenvalue weighted by Gasteiger charge is 2.13. The third kappa shape index (κ3) is 7.18. The van der Waals surface area contributed by atoms with Crippen molar-refractivity contribution in [2.75, 3.05) is 7.05 Å². The fourth-order valence-corrected chi connectivity index (χ4v) is 3.40. The lowest BCUT2D eigenvalue weighted by molar-refractivity contribution is 0.500. The van der Waals surface area contributed by atoms with Gasteiger partial charge in [-0.25, -0.2) is 0 Å². The summed E-state index contributed by atoms with van der Waals surface area (Å²) in [6.07, 6.45) is 9.98. The molecule has 0 saturated heterocycles. The molecule has 0 radical (unpaired) electrons. The molecule has 0 amide bonds. The molecule has 0 aromatic heterocycles. The van der Waals surface area contributed by atoms with Crippen LogP contribution in [0.4, 0.5) is 0 Å². The Kier molecular flexibility index (Phi) is 11.6. The lowest BCUT2D eigenvalue weighted by atomic mass is 9.96. The topological polar surface area (TPSA) is 38.4 Å². The van der Waals surface area contributed by atoms with Crippen LogP contribution in [0.5, 0.6) is 0 Å². The molecule has 3 heteroatoms. The first-order valence-electron chi connectivity index (χ1n) is 7.83. The van der Waals surface area contributed by atoms with Gasteiger partial charge in [-0.2, -0.15) is 0 Å². The van der Waals surface area contributed by atoms with Crippen LogP contribution in [0.15, 0.2) is 27.7 Å². The molecule has 1 atom stereocenters. The van der Waals surface area contributed by atoms with Gasteiger partial charge in [0.2, 0.25) is 0 Å². The van der Waals surface area contributed by atoms with Crippen LogP contribution in [0.2, 0.25) is 0 Å². The van der Waals surface area contributed by atoms with E-state index in [1.807, 2.05) is 25.0 Å². The molecule has 1 unspecified atom stereocenters.